The highest BCUT2D eigenvalue weighted by molar-refractivity contribution is 5.20. The summed E-state index contributed by atoms with van der Waals surface area (Å²) in [4.78, 5) is 4.20. The largest absolute Gasteiger partial charge is 0.477 e. The normalized spacial score (nSPS) is 23.6. The third-order valence-corrected chi connectivity index (χ3v) is 3.40. The zero-order valence-corrected chi connectivity index (χ0v) is 10.3. The van der Waals surface area contributed by atoms with Crippen LogP contribution in [-0.4, -0.2) is 11.6 Å². The third kappa shape index (κ3) is 3.30. The number of nitrogens with zero attached hydrogens (tertiary/aromatic N) is 1. The summed E-state index contributed by atoms with van der Waals surface area (Å²) in [6, 6.07) is 3.84. The van der Waals surface area contributed by atoms with E-state index in [0.717, 1.165) is 25.0 Å². The van der Waals surface area contributed by atoms with Gasteiger partial charge in [0, 0.05) is 18.8 Å². The lowest BCUT2D eigenvalue weighted by Crippen LogP contribution is -2.21. The molecule has 1 aliphatic rings. The zero-order valence-electron chi connectivity index (χ0n) is 10.3. The van der Waals surface area contributed by atoms with Gasteiger partial charge >= 0.3 is 0 Å². The van der Waals surface area contributed by atoms with Crippen molar-refractivity contribution in [2.45, 2.75) is 26.3 Å². The Morgan fingerprint density at radius 1 is 1.41 bits per heavy atom. The molecule has 2 rings (SSSR count). The standard InChI is InChI=1S/C14H20N2O/c1-11-4-2-3-5-13(11)10-17-14-8-12(9-15)6-7-16-14/h2-3,6-8,11,13H,4-5,9-10,15H2,1H3. The van der Waals surface area contributed by atoms with E-state index in [1.54, 1.807) is 6.20 Å². The molecule has 1 aliphatic carbocycles. The number of aromatic nitrogens is 1. The minimum atomic E-state index is 0.529. The zero-order chi connectivity index (χ0) is 12.1. The van der Waals surface area contributed by atoms with Crippen LogP contribution in [0, 0.1) is 11.8 Å². The molecule has 3 nitrogen and oxygen atoms in total. The number of pyridine rings is 1. The summed E-state index contributed by atoms with van der Waals surface area (Å²) in [7, 11) is 0. The fraction of sp³-hybridized carbons (Fsp3) is 0.500. The Balaban J connectivity index is 1.90. The molecular formula is C14H20N2O. The maximum atomic E-state index is 5.76. The van der Waals surface area contributed by atoms with E-state index in [1.165, 1.54) is 0 Å². The Kier molecular flexibility index (Phi) is 4.15. The lowest BCUT2D eigenvalue weighted by Gasteiger charge is -2.24. The van der Waals surface area contributed by atoms with Gasteiger partial charge in [0.25, 0.3) is 0 Å². The molecule has 0 spiro atoms. The molecule has 0 fully saturated rings. The highest BCUT2D eigenvalue weighted by Gasteiger charge is 2.18. The summed E-state index contributed by atoms with van der Waals surface area (Å²) >= 11 is 0. The minimum absolute atomic E-state index is 0.529. The molecule has 0 bridgehead atoms. The summed E-state index contributed by atoms with van der Waals surface area (Å²) in [5.74, 6) is 1.98. The molecular weight excluding hydrogens is 212 g/mol. The Hall–Kier alpha value is -1.35. The van der Waals surface area contributed by atoms with Crippen LogP contribution in [0.2, 0.25) is 0 Å². The molecule has 17 heavy (non-hydrogen) atoms. The van der Waals surface area contributed by atoms with Crippen LogP contribution in [0.4, 0.5) is 0 Å². The second kappa shape index (κ2) is 5.82. The topological polar surface area (TPSA) is 48.1 Å². The van der Waals surface area contributed by atoms with Crippen LogP contribution in [0.15, 0.2) is 30.5 Å². The van der Waals surface area contributed by atoms with Crippen molar-refractivity contribution < 1.29 is 4.74 Å². The van der Waals surface area contributed by atoms with Gasteiger partial charge in [0.05, 0.1) is 6.61 Å². The van der Waals surface area contributed by atoms with Crippen LogP contribution in [0.3, 0.4) is 0 Å². The summed E-state index contributed by atoms with van der Waals surface area (Å²) in [6.07, 6.45) is 8.52. The second-order valence-electron chi connectivity index (χ2n) is 4.70. The number of nitrogens with two attached hydrogens (primary N) is 1. The van der Waals surface area contributed by atoms with Crippen LogP contribution in [0.1, 0.15) is 25.3 Å². The van der Waals surface area contributed by atoms with E-state index in [2.05, 4.69) is 24.1 Å². The van der Waals surface area contributed by atoms with E-state index in [0.29, 0.717) is 24.3 Å². The van der Waals surface area contributed by atoms with Gasteiger partial charge in [-0.2, -0.15) is 0 Å². The number of hydrogen-bond donors (Lipinski definition) is 1. The average Bonchev–Trinajstić information content (AvgIpc) is 2.38. The van der Waals surface area contributed by atoms with Gasteiger partial charge in [-0.3, -0.25) is 0 Å². The van der Waals surface area contributed by atoms with Crippen LogP contribution in [-0.2, 0) is 6.54 Å². The van der Waals surface area contributed by atoms with E-state index in [4.69, 9.17) is 10.5 Å². The Morgan fingerprint density at radius 2 is 2.24 bits per heavy atom. The summed E-state index contributed by atoms with van der Waals surface area (Å²) < 4.78 is 5.76. The lowest BCUT2D eigenvalue weighted by molar-refractivity contribution is 0.192. The fourth-order valence-electron chi connectivity index (χ4n) is 2.09. The average molecular weight is 232 g/mol. The van der Waals surface area contributed by atoms with Crippen LogP contribution >= 0.6 is 0 Å². The summed E-state index contributed by atoms with van der Waals surface area (Å²) in [5, 5.41) is 0. The first-order valence-corrected chi connectivity index (χ1v) is 6.22. The van der Waals surface area contributed by atoms with E-state index in [9.17, 15) is 0 Å². The molecule has 1 aromatic heterocycles. The first kappa shape index (κ1) is 12.1. The highest BCUT2D eigenvalue weighted by Crippen LogP contribution is 2.25. The molecule has 92 valence electrons. The minimum Gasteiger partial charge on any atom is -0.477 e. The van der Waals surface area contributed by atoms with Crippen molar-refractivity contribution in [3.8, 4) is 5.88 Å². The SMILES string of the molecule is CC1CC=CCC1COc1cc(CN)ccn1. The molecule has 0 aliphatic heterocycles. The van der Waals surface area contributed by atoms with E-state index >= 15 is 0 Å². The molecule has 0 radical (unpaired) electrons. The van der Waals surface area contributed by atoms with Crippen molar-refractivity contribution in [1.82, 2.24) is 4.98 Å². The van der Waals surface area contributed by atoms with Gasteiger partial charge in [-0.05, 0) is 36.3 Å². The van der Waals surface area contributed by atoms with Crippen molar-refractivity contribution in [3.63, 3.8) is 0 Å². The van der Waals surface area contributed by atoms with Gasteiger partial charge in [0.2, 0.25) is 5.88 Å². The quantitative estimate of drug-likeness (QED) is 0.811. The lowest BCUT2D eigenvalue weighted by atomic mass is 9.85. The summed E-state index contributed by atoms with van der Waals surface area (Å²) in [6.45, 7) is 3.55. The van der Waals surface area contributed by atoms with Gasteiger partial charge in [-0.25, -0.2) is 4.98 Å². The third-order valence-electron chi connectivity index (χ3n) is 3.40. The predicted molar refractivity (Wildman–Crippen MR) is 68.7 cm³/mol. The van der Waals surface area contributed by atoms with Crippen LogP contribution in [0.5, 0.6) is 5.88 Å². The Morgan fingerprint density at radius 3 is 3.00 bits per heavy atom. The molecule has 3 heteroatoms. The van der Waals surface area contributed by atoms with Crippen LogP contribution < -0.4 is 10.5 Å². The van der Waals surface area contributed by atoms with Crippen molar-refractivity contribution in [2.24, 2.45) is 17.6 Å². The van der Waals surface area contributed by atoms with Gasteiger partial charge in [0.15, 0.2) is 0 Å². The van der Waals surface area contributed by atoms with Gasteiger partial charge in [-0.15, -0.1) is 0 Å². The monoisotopic (exact) mass is 232 g/mol. The van der Waals surface area contributed by atoms with E-state index in [1.807, 2.05) is 12.1 Å². The van der Waals surface area contributed by atoms with Crippen molar-refractivity contribution >= 4 is 0 Å². The fourth-order valence-corrected chi connectivity index (χ4v) is 2.09. The number of rotatable bonds is 4. The molecule has 2 unspecified atom stereocenters. The first-order valence-electron chi connectivity index (χ1n) is 6.22. The maximum Gasteiger partial charge on any atom is 0.213 e. The molecule has 0 aromatic carbocycles. The Labute approximate surface area is 103 Å². The van der Waals surface area contributed by atoms with Crippen molar-refractivity contribution in [1.29, 1.82) is 0 Å². The number of hydrogen-bond acceptors (Lipinski definition) is 3. The molecule has 2 N–H and O–H groups in total. The molecule has 1 heterocycles. The van der Waals surface area contributed by atoms with Gasteiger partial charge in [0.1, 0.15) is 0 Å². The number of ether oxygens (including phenoxy) is 1. The van der Waals surface area contributed by atoms with Crippen LogP contribution in [0.25, 0.3) is 0 Å². The number of allylic oxidation sites excluding steroid dienone is 2. The molecule has 2 atom stereocenters. The highest BCUT2D eigenvalue weighted by atomic mass is 16.5. The Bertz CT molecular complexity index is 390. The molecule has 0 saturated heterocycles. The maximum absolute atomic E-state index is 5.76. The van der Waals surface area contributed by atoms with Crippen molar-refractivity contribution in [3.05, 3.63) is 36.0 Å². The molecule has 0 saturated carbocycles. The van der Waals surface area contributed by atoms with E-state index in [-0.39, 0.29) is 0 Å². The molecule has 1 aromatic rings. The van der Waals surface area contributed by atoms with Gasteiger partial charge < -0.3 is 10.5 Å². The van der Waals surface area contributed by atoms with Crippen molar-refractivity contribution in [2.75, 3.05) is 6.61 Å². The first-order chi connectivity index (χ1) is 8.29. The smallest absolute Gasteiger partial charge is 0.213 e. The second-order valence-corrected chi connectivity index (χ2v) is 4.70. The van der Waals surface area contributed by atoms with Gasteiger partial charge in [-0.1, -0.05) is 19.1 Å². The summed E-state index contributed by atoms with van der Waals surface area (Å²) in [5.41, 5.74) is 6.65. The van der Waals surface area contributed by atoms with E-state index < -0.39 is 0 Å². The predicted octanol–water partition coefficient (Wildman–Crippen LogP) is 2.52. The molecule has 0 amide bonds.